The number of ether oxygens (including phenoxy) is 1. The van der Waals surface area contributed by atoms with Gasteiger partial charge in [-0.05, 0) is 24.0 Å². The van der Waals surface area contributed by atoms with E-state index in [1.165, 1.54) is 0 Å². The first kappa shape index (κ1) is 13.7. The van der Waals surface area contributed by atoms with Crippen molar-refractivity contribution in [3.05, 3.63) is 35.4 Å². The quantitative estimate of drug-likeness (QED) is 0.825. The van der Waals surface area contributed by atoms with Gasteiger partial charge in [-0.1, -0.05) is 38.1 Å². The third-order valence-electron chi connectivity index (χ3n) is 2.57. The van der Waals surface area contributed by atoms with Gasteiger partial charge in [-0.25, -0.2) is 0 Å². The molecule has 1 N–H and O–H groups in total. The van der Waals surface area contributed by atoms with E-state index >= 15 is 0 Å². The molecule has 0 aliphatic carbocycles. The van der Waals surface area contributed by atoms with Crippen molar-refractivity contribution < 1.29 is 14.6 Å². The molecule has 94 valence electrons. The van der Waals surface area contributed by atoms with Crippen LogP contribution in [0, 0.1) is 5.92 Å². The highest BCUT2D eigenvalue weighted by atomic mass is 16.5. The van der Waals surface area contributed by atoms with Crippen LogP contribution in [0.3, 0.4) is 0 Å². The number of carboxylic acid groups (broad SMARTS) is 1. The van der Waals surface area contributed by atoms with Crippen LogP contribution < -0.4 is 0 Å². The van der Waals surface area contributed by atoms with Crippen LogP contribution in [0.15, 0.2) is 24.3 Å². The van der Waals surface area contributed by atoms with Gasteiger partial charge in [0, 0.05) is 6.61 Å². The van der Waals surface area contributed by atoms with E-state index in [9.17, 15) is 4.79 Å². The van der Waals surface area contributed by atoms with Crippen molar-refractivity contribution in [2.45, 2.75) is 33.3 Å². The van der Waals surface area contributed by atoms with E-state index in [2.05, 4.69) is 13.8 Å². The molecule has 0 saturated carbocycles. The normalized spacial score (nSPS) is 12.7. The van der Waals surface area contributed by atoms with Crippen molar-refractivity contribution in [2.24, 2.45) is 5.92 Å². The van der Waals surface area contributed by atoms with E-state index in [-0.39, 0.29) is 0 Å². The Balaban J connectivity index is 2.53. The van der Waals surface area contributed by atoms with Gasteiger partial charge in [-0.3, -0.25) is 4.79 Å². The average molecular weight is 236 g/mol. The Bertz CT molecular complexity index is 354. The molecule has 17 heavy (non-hydrogen) atoms. The Hall–Kier alpha value is -1.35. The molecule has 0 saturated heterocycles. The van der Waals surface area contributed by atoms with Crippen molar-refractivity contribution in [3.8, 4) is 0 Å². The van der Waals surface area contributed by atoms with Gasteiger partial charge >= 0.3 is 5.97 Å². The van der Waals surface area contributed by atoms with Crippen LogP contribution in [0.2, 0.25) is 0 Å². The second kappa shape index (κ2) is 6.40. The van der Waals surface area contributed by atoms with Gasteiger partial charge in [-0.15, -0.1) is 0 Å². The summed E-state index contributed by atoms with van der Waals surface area (Å²) in [6.45, 7) is 7.23. The summed E-state index contributed by atoms with van der Waals surface area (Å²) in [5.74, 6) is -0.726. The topological polar surface area (TPSA) is 46.5 Å². The monoisotopic (exact) mass is 236 g/mol. The number of aliphatic carboxylic acids is 1. The van der Waals surface area contributed by atoms with Gasteiger partial charge in [0.05, 0.1) is 12.5 Å². The van der Waals surface area contributed by atoms with E-state index < -0.39 is 11.9 Å². The lowest BCUT2D eigenvalue weighted by Gasteiger charge is -2.09. The molecular formula is C14H20O3. The summed E-state index contributed by atoms with van der Waals surface area (Å²) >= 11 is 0. The summed E-state index contributed by atoms with van der Waals surface area (Å²) in [6.07, 6.45) is 0. The zero-order chi connectivity index (χ0) is 12.8. The molecule has 3 nitrogen and oxygen atoms in total. The standard InChI is InChI=1S/C14H20O3/c1-10(2)8-17-9-12-4-6-13(7-5-12)11(3)14(15)16/h4-7,10-11H,8-9H2,1-3H3,(H,15,16). The first-order chi connectivity index (χ1) is 8.00. The Morgan fingerprint density at radius 2 is 1.82 bits per heavy atom. The van der Waals surface area contributed by atoms with Crippen molar-refractivity contribution in [1.29, 1.82) is 0 Å². The first-order valence-electron chi connectivity index (χ1n) is 5.90. The minimum atomic E-state index is -0.797. The summed E-state index contributed by atoms with van der Waals surface area (Å²) in [5, 5.41) is 8.88. The van der Waals surface area contributed by atoms with Crippen LogP contribution in [0.4, 0.5) is 0 Å². The molecule has 1 unspecified atom stereocenters. The highest BCUT2D eigenvalue weighted by molar-refractivity contribution is 5.75. The molecule has 1 atom stereocenters. The highest BCUT2D eigenvalue weighted by Crippen LogP contribution is 2.16. The Labute approximate surface area is 102 Å². The average Bonchev–Trinajstić information content (AvgIpc) is 2.28. The Kier molecular flexibility index (Phi) is 5.16. The molecule has 1 aromatic carbocycles. The lowest BCUT2D eigenvalue weighted by molar-refractivity contribution is -0.138. The van der Waals surface area contributed by atoms with Gasteiger partial charge < -0.3 is 9.84 Å². The number of carboxylic acids is 1. The van der Waals surface area contributed by atoms with E-state index in [1.54, 1.807) is 6.92 Å². The lowest BCUT2D eigenvalue weighted by atomic mass is 10.0. The van der Waals surface area contributed by atoms with E-state index in [1.807, 2.05) is 24.3 Å². The number of benzene rings is 1. The largest absolute Gasteiger partial charge is 0.481 e. The predicted octanol–water partition coefficient (Wildman–Crippen LogP) is 3.05. The molecule has 3 heteroatoms. The van der Waals surface area contributed by atoms with Gasteiger partial charge in [0.15, 0.2) is 0 Å². The van der Waals surface area contributed by atoms with Gasteiger partial charge in [0.25, 0.3) is 0 Å². The van der Waals surface area contributed by atoms with Crippen molar-refractivity contribution >= 4 is 5.97 Å². The Morgan fingerprint density at radius 1 is 1.24 bits per heavy atom. The maximum absolute atomic E-state index is 10.8. The van der Waals surface area contributed by atoms with E-state index in [0.717, 1.165) is 17.7 Å². The zero-order valence-electron chi connectivity index (χ0n) is 10.6. The third kappa shape index (κ3) is 4.57. The predicted molar refractivity (Wildman–Crippen MR) is 67.0 cm³/mol. The third-order valence-corrected chi connectivity index (χ3v) is 2.57. The molecule has 1 rings (SSSR count). The molecule has 0 radical (unpaired) electrons. The second-order valence-corrected chi connectivity index (χ2v) is 4.71. The molecule has 1 aromatic rings. The van der Waals surface area contributed by atoms with Crippen LogP contribution in [-0.2, 0) is 16.1 Å². The fraction of sp³-hybridized carbons (Fsp3) is 0.500. The number of hydrogen-bond donors (Lipinski definition) is 1. The summed E-state index contributed by atoms with van der Waals surface area (Å²) in [5.41, 5.74) is 1.90. The van der Waals surface area contributed by atoms with E-state index in [0.29, 0.717) is 12.5 Å². The fourth-order valence-corrected chi connectivity index (χ4v) is 1.46. The van der Waals surface area contributed by atoms with Gasteiger partial charge in [0.2, 0.25) is 0 Å². The summed E-state index contributed by atoms with van der Waals surface area (Å²) in [4.78, 5) is 10.8. The molecule has 0 fully saturated rings. The van der Waals surface area contributed by atoms with Gasteiger partial charge in [0.1, 0.15) is 0 Å². The minimum Gasteiger partial charge on any atom is -0.481 e. The molecule has 0 amide bonds. The van der Waals surface area contributed by atoms with Crippen LogP contribution >= 0.6 is 0 Å². The highest BCUT2D eigenvalue weighted by Gasteiger charge is 2.12. The number of hydrogen-bond acceptors (Lipinski definition) is 2. The zero-order valence-corrected chi connectivity index (χ0v) is 10.6. The molecule has 0 aliphatic heterocycles. The summed E-state index contributed by atoms with van der Waals surface area (Å²) in [6, 6.07) is 7.56. The molecular weight excluding hydrogens is 216 g/mol. The second-order valence-electron chi connectivity index (χ2n) is 4.71. The molecule has 0 aromatic heterocycles. The van der Waals surface area contributed by atoms with Crippen LogP contribution in [0.1, 0.15) is 37.8 Å². The van der Waals surface area contributed by atoms with Crippen molar-refractivity contribution in [1.82, 2.24) is 0 Å². The Morgan fingerprint density at radius 3 is 2.29 bits per heavy atom. The smallest absolute Gasteiger partial charge is 0.310 e. The van der Waals surface area contributed by atoms with Crippen LogP contribution in [0.25, 0.3) is 0 Å². The number of carbonyl (C=O) groups is 1. The van der Waals surface area contributed by atoms with Crippen LogP contribution in [-0.4, -0.2) is 17.7 Å². The summed E-state index contributed by atoms with van der Waals surface area (Å²) in [7, 11) is 0. The maximum Gasteiger partial charge on any atom is 0.310 e. The SMILES string of the molecule is CC(C)COCc1ccc(C(C)C(=O)O)cc1. The van der Waals surface area contributed by atoms with E-state index in [4.69, 9.17) is 9.84 Å². The van der Waals surface area contributed by atoms with Gasteiger partial charge in [-0.2, -0.15) is 0 Å². The molecule has 0 aliphatic rings. The molecule has 0 heterocycles. The summed E-state index contributed by atoms with van der Waals surface area (Å²) < 4.78 is 5.51. The van der Waals surface area contributed by atoms with Crippen molar-refractivity contribution in [3.63, 3.8) is 0 Å². The number of rotatable bonds is 6. The first-order valence-corrected chi connectivity index (χ1v) is 5.90. The molecule has 0 bridgehead atoms. The minimum absolute atomic E-state index is 0.458. The fourth-order valence-electron chi connectivity index (χ4n) is 1.46. The maximum atomic E-state index is 10.8. The molecule has 0 spiro atoms. The van der Waals surface area contributed by atoms with Crippen molar-refractivity contribution in [2.75, 3.05) is 6.61 Å². The lowest BCUT2D eigenvalue weighted by Crippen LogP contribution is -2.07. The van der Waals surface area contributed by atoms with Crippen LogP contribution in [0.5, 0.6) is 0 Å².